The first-order valence-electron chi connectivity index (χ1n) is 5.27. The average molecular weight is 698 g/mol. The predicted molar refractivity (Wildman–Crippen MR) is 104 cm³/mol. The second-order valence-corrected chi connectivity index (χ2v) is 12.6. The molecule has 4 nitrogen and oxygen atoms in total. The number of halogens is 6. The van der Waals surface area contributed by atoms with Crippen molar-refractivity contribution in [3.63, 3.8) is 0 Å². The minimum atomic E-state index is -3.86. The summed E-state index contributed by atoms with van der Waals surface area (Å²) in [4.78, 5) is 0. The molecule has 0 saturated heterocycles. The van der Waals surface area contributed by atoms with Crippen molar-refractivity contribution in [3.05, 3.63) is 0 Å². The smallest absolute Gasteiger partial charge is 0.268 e. The predicted octanol–water partition coefficient (Wildman–Crippen LogP) is 6.66. The van der Waals surface area contributed by atoms with Crippen LogP contribution in [0.3, 0.4) is 0 Å². The molecule has 0 spiro atoms. The quantitative estimate of drug-likeness (QED) is 0.200. The Morgan fingerprint density at radius 1 is 0.750 bits per heavy atom. The van der Waals surface area contributed by atoms with Gasteiger partial charge in [0.25, 0.3) is 0 Å². The molecule has 0 bridgehead atoms. The Hall–Kier alpha value is 2.99. The van der Waals surface area contributed by atoms with Gasteiger partial charge >= 0.3 is 7.82 Å². The highest BCUT2D eigenvalue weighted by molar-refractivity contribution is 9.13. The third-order valence-electron chi connectivity index (χ3n) is 1.62. The van der Waals surface area contributed by atoms with Crippen LogP contribution in [0.2, 0.25) is 0 Å². The standard InChI is InChI=1S/C9H15Br6O4P/c1-7(13,4-10)17-20(16,18-8(2,14)5-11)19-9(3,15)6-12/h4-6H2,1-3H3. The van der Waals surface area contributed by atoms with E-state index in [1.165, 1.54) is 0 Å². The molecule has 3 unspecified atom stereocenters. The summed E-state index contributed by atoms with van der Waals surface area (Å²) < 4.78 is 26.8. The van der Waals surface area contributed by atoms with Gasteiger partial charge in [0, 0.05) is 16.0 Å². The molecule has 0 rings (SSSR count). The van der Waals surface area contributed by atoms with E-state index in [2.05, 4.69) is 95.6 Å². The summed E-state index contributed by atoms with van der Waals surface area (Å²) >= 11 is 19.8. The van der Waals surface area contributed by atoms with E-state index in [0.717, 1.165) is 0 Å². The zero-order chi connectivity index (χ0) is 16.2. The highest BCUT2D eigenvalue weighted by Crippen LogP contribution is 2.61. The number of rotatable bonds is 9. The first-order valence-corrected chi connectivity index (χ1v) is 12.5. The molecule has 122 valence electrons. The van der Waals surface area contributed by atoms with E-state index in [1.807, 2.05) is 0 Å². The number of hydrogen-bond acceptors (Lipinski definition) is 4. The Kier molecular flexibility index (Phi) is 10.2. The number of phosphoric ester groups is 1. The number of alkyl halides is 6. The van der Waals surface area contributed by atoms with Gasteiger partial charge in [0.2, 0.25) is 0 Å². The van der Waals surface area contributed by atoms with Crippen LogP contribution < -0.4 is 0 Å². The third kappa shape index (κ3) is 9.33. The van der Waals surface area contributed by atoms with E-state index < -0.39 is 21.4 Å². The maximum absolute atomic E-state index is 12.9. The minimum absolute atomic E-state index is 0.400. The van der Waals surface area contributed by atoms with Crippen LogP contribution in [-0.4, -0.2) is 29.5 Å². The van der Waals surface area contributed by atoms with Gasteiger partial charge in [-0.2, -0.15) is 0 Å². The zero-order valence-corrected chi connectivity index (χ0v) is 21.4. The molecular weight excluding hydrogens is 682 g/mol. The van der Waals surface area contributed by atoms with E-state index in [4.69, 9.17) is 13.6 Å². The first kappa shape index (κ1) is 23.0. The van der Waals surface area contributed by atoms with Gasteiger partial charge in [-0.05, 0) is 20.8 Å². The van der Waals surface area contributed by atoms with Gasteiger partial charge in [0.15, 0.2) is 0 Å². The van der Waals surface area contributed by atoms with Crippen molar-refractivity contribution in [2.24, 2.45) is 0 Å². The maximum Gasteiger partial charge on any atom is 0.478 e. The van der Waals surface area contributed by atoms with Gasteiger partial charge in [-0.15, -0.1) is 0 Å². The Morgan fingerprint density at radius 3 is 1.10 bits per heavy atom. The lowest BCUT2D eigenvalue weighted by Crippen LogP contribution is -2.31. The average Bonchev–Trinajstić information content (AvgIpc) is 2.26. The fraction of sp³-hybridized carbons (Fsp3) is 1.00. The zero-order valence-electron chi connectivity index (χ0n) is 11.0. The monoisotopic (exact) mass is 692 g/mol. The molecule has 0 aromatic carbocycles. The summed E-state index contributed by atoms with van der Waals surface area (Å²) in [6, 6.07) is 0. The summed E-state index contributed by atoms with van der Waals surface area (Å²) in [7, 11) is -3.86. The van der Waals surface area contributed by atoms with E-state index >= 15 is 0 Å². The molecule has 0 aliphatic heterocycles. The second kappa shape index (κ2) is 8.90. The molecule has 0 aliphatic carbocycles. The molecule has 0 heterocycles. The molecule has 3 atom stereocenters. The van der Waals surface area contributed by atoms with Crippen molar-refractivity contribution in [2.45, 2.75) is 34.3 Å². The highest BCUT2D eigenvalue weighted by atomic mass is 79.9. The van der Waals surface area contributed by atoms with Crippen molar-refractivity contribution in [3.8, 4) is 0 Å². The molecule has 0 fully saturated rings. The molecule has 0 radical (unpaired) electrons. The van der Waals surface area contributed by atoms with Crippen molar-refractivity contribution in [1.29, 1.82) is 0 Å². The van der Waals surface area contributed by atoms with E-state index in [1.54, 1.807) is 20.8 Å². The lowest BCUT2D eigenvalue weighted by molar-refractivity contribution is 0.0389. The molecule has 20 heavy (non-hydrogen) atoms. The van der Waals surface area contributed by atoms with Gasteiger partial charge in [-0.25, -0.2) is 4.57 Å². The van der Waals surface area contributed by atoms with Crippen molar-refractivity contribution in [2.75, 3.05) is 16.0 Å². The molecular formula is C9H15Br6O4P. The summed E-state index contributed by atoms with van der Waals surface area (Å²) in [5, 5.41) is 1.20. The number of hydrogen-bond donors (Lipinski definition) is 0. The van der Waals surface area contributed by atoms with Crippen LogP contribution >= 0.6 is 103 Å². The summed E-state index contributed by atoms with van der Waals surface area (Å²) in [6.07, 6.45) is 0. The SMILES string of the molecule is CC(Br)(CBr)OP(=O)(OC(C)(Br)CBr)OC(C)(Br)CBr. The summed E-state index contributed by atoms with van der Waals surface area (Å²) in [6.45, 7) is 5.13. The van der Waals surface area contributed by atoms with Crippen molar-refractivity contribution >= 4 is 103 Å². The van der Waals surface area contributed by atoms with Crippen LogP contribution in [0, 0.1) is 0 Å². The highest BCUT2D eigenvalue weighted by Gasteiger charge is 2.45. The van der Waals surface area contributed by atoms with Gasteiger partial charge < -0.3 is 0 Å². The Balaban J connectivity index is 5.29. The Labute approximate surface area is 170 Å². The van der Waals surface area contributed by atoms with E-state index in [0.29, 0.717) is 16.0 Å². The third-order valence-corrected chi connectivity index (χ3v) is 11.0. The van der Waals surface area contributed by atoms with E-state index in [9.17, 15) is 4.57 Å². The van der Waals surface area contributed by atoms with E-state index in [-0.39, 0.29) is 0 Å². The molecule has 0 N–H and O–H groups in total. The molecule has 11 heteroatoms. The fourth-order valence-corrected chi connectivity index (χ4v) is 5.00. The largest absolute Gasteiger partial charge is 0.478 e. The second-order valence-electron chi connectivity index (χ2n) is 4.43. The van der Waals surface area contributed by atoms with Crippen LogP contribution in [0.4, 0.5) is 0 Å². The van der Waals surface area contributed by atoms with Crippen LogP contribution in [-0.2, 0) is 18.1 Å². The van der Waals surface area contributed by atoms with Crippen LogP contribution in [0.5, 0.6) is 0 Å². The van der Waals surface area contributed by atoms with Gasteiger partial charge in [0.05, 0.1) is 0 Å². The molecule has 0 aliphatic rings. The lowest BCUT2D eigenvalue weighted by atomic mass is 10.5. The van der Waals surface area contributed by atoms with Crippen LogP contribution in [0.1, 0.15) is 20.8 Å². The molecule has 0 aromatic rings. The minimum Gasteiger partial charge on any atom is -0.268 e. The van der Waals surface area contributed by atoms with Crippen molar-refractivity contribution in [1.82, 2.24) is 0 Å². The fourth-order valence-electron chi connectivity index (χ4n) is 0.828. The molecule has 0 amide bonds. The topological polar surface area (TPSA) is 44.8 Å². The van der Waals surface area contributed by atoms with Crippen LogP contribution in [0.25, 0.3) is 0 Å². The van der Waals surface area contributed by atoms with Gasteiger partial charge in [0.1, 0.15) is 13.5 Å². The number of phosphoric acid groups is 1. The maximum atomic E-state index is 12.9. The van der Waals surface area contributed by atoms with Crippen molar-refractivity contribution < 1.29 is 18.1 Å². The lowest BCUT2D eigenvalue weighted by Gasteiger charge is -2.34. The van der Waals surface area contributed by atoms with Crippen LogP contribution in [0.15, 0.2) is 0 Å². The first-order chi connectivity index (χ1) is 8.80. The Morgan fingerprint density at radius 2 is 0.950 bits per heavy atom. The molecule has 0 saturated carbocycles. The normalized spacial score (nSPS) is 24.2. The summed E-state index contributed by atoms with van der Waals surface area (Å²) in [5.41, 5.74) is 0. The summed E-state index contributed by atoms with van der Waals surface area (Å²) in [5.74, 6) is 0. The molecule has 0 aromatic heterocycles. The Bertz CT molecular complexity index is 310. The van der Waals surface area contributed by atoms with Gasteiger partial charge in [-0.1, -0.05) is 95.6 Å². The van der Waals surface area contributed by atoms with Gasteiger partial charge in [-0.3, -0.25) is 13.6 Å².